The number of guanidine groups is 1. The number of thiazole rings is 2. The van der Waals surface area contributed by atoms with Crippen LogP contribution in [0.15, 0.2) is 70.5 Å². The van der Waals surface area contributed by atoms with Crippen molar-refractivity contribution in [2.24, 2.45) is 16.5 Å². The third-order valence-electron chi connectivity index (χ3n) is 7.16. The van der Waals surface area contributed by atoms with Gasteiger partial charge in [-0.2, -0.15) is 0 Å². The summed E-state index contributed by atoms with van der Waals surface area (Å²) in [4.78, 5) is 66.2. The number of hydrogen-bond acceptors (Lipinski definition) is 9. The summed E-state index contributed by atoms with van der Waals surface area (Å²) in [6.07, 6.45) is 1.80. The fourth-order valence-electron chi connectivity index (χ4n) is 4.72. The number of para-hydroxylation sites is 1. The Labute approximate surface area is 275 Å². The fourth-order valence-corrected chi connectivity index (χ4v) is 6.25. The van der Waals surface area contributed by atoms with Crippen molar-refractivity contribution in [1.29, 1.82) is 0 Å². The smallest absolute Gasteiger partial charge is 0.243 e. The molecule has 0 saturated carbocycles. The summed E-state index contributed by atoms with van der Waals surface area (Å²) in [5.74, 6) is -1.75. The zero-order chi connectivity index (χ0) is 32.9. The van der Waals surface area contributed by atoms with E-state index in [0.29, 0.717) is 24.1 Å². The first kappa shape index (κ1) is 34.2. The van der Waals surface area contributed by atoms with Crippen LogP contribution < -0.4 is 27.4 Å². The average molecular weight is 663 g/mol. The Balaban J connectivity index is 1.44. The van der Waals surface area contributed by atoms with Crippen LogP contribution in [0.4, 0.5) is 0 Å². The van der Waals surface area contributed by atoms with Crippen LogP contribution in [0.3, 0.4) is 0 Å². The molecule has 7 N–H and O–H groups in total. The summed E-state index contributed by atoms with van der Waals surface area (Å²) in [7, 11) is 0. The van der Waals surface area contributed by atoms with Gasteiger partial charge in [0.15, 0.2) is 11.0 Å². The van der Waals surface area contributed by atoms with E-state index in [-0.39, 0.29) is 54.9 Å². The SMILES string of the molecule is CC[C@H](NC(=O)[C@H](Cc1cscn1)NC(=O)CCc1ccccc1)C(=O)N[C@@H](CCCN=C(N)N)C(=O)c1nc2ccccc2s1. The van der Waals surface area contributed by atoms with Crippen LogP contribution in [0.25, 0.3) is 10.2 Å². The predicted molar refractivity (Wildman–Crippen MR) is 181 cm³/mol. The number of Topliss-reactive ketones (excluding diaryl/α,β-unsaturated/α-hetero) is 1. The van der Waals surface area contributed by atoms with Crippen LogP contribution in [-0.4, -0.2) is 64.1 Å². The molecule has 0 aliphatic rings. The Morgan fingerprint density at radius 1 is 0.913 bits per heavy atom. The largest absolute Gasteiger partial charge is 0.370 e. The number of rotatable bonds is 17. The molecule has 2 aromatic heterocycles. The minimum Gasteiger partial charge on any atom is -0.370 e. The third-order valence-corrected chi connectivity index (χ3v) is 8.84. The predicted octanol–water partition coefficient (Wildman–Crippen LogP) is 2.73. The van der Waals surface area contributed by atoms with Crippen LogP contribution >= 0.6 is 22.7 Å². The molecule has 4 aromatic rings. The first-order valence-corrected chi connectivity index (χ1v) is 16.8. The Bertz CT molecular complexity index is 1610. The van der Waals surface area contributed by atoms with Gasteiger partial charge in [0, 0.05) is 24.8 Å². The first-order valence-electron chi connectivity index (χ1n) is 15.0. The molecular formula is C32H38N8O4S2. The van der Waals surface area contributed by atoms with Crippen molar-refractivity contribution >= 4 is 62.4 Å². The van der Waals surface area contributed by atoms with Crippen molar-refractivity contribution in [3.05, 3.63) is 81.8 Å². The third kappa shape index (κ3) is 10.2. The molecule has 242 valence electrons. The molecule has 0 spiro atoms. The molecular weight excluding hydrogens is 625 g/mol. The van der Waals surface area contributed by atoms with E-state index in [2.05, 4.69) is 30.9 Å². The minimum absolute atomic E-state index is 0.0637. The lowest BCUT2D eigenvalue weighted by molar-refractivity contribution is -0.132. The number of carbonyl (C=O) groups excluding carboxylic acids is 4. The van der Waals surface area contributed by atoms with Crippen LogP contribution in [0.1, 0.15) is 53.7 Å². The number of ketones is 1. The molecule has 0 unspecified atom stereocenters. The zero-order valence-electron chi connectivity index (χ0n) is 25.5. The van der Waals surface area contributed by atoms with Crippen molar-refractivity contribution in [3.63, 3.8) is 0 Å². The van der Waals surface area contributed by atoms with Crippen molar-refractivity contribution in [3.8, 4) is 0 Å². The van der Waals surface area contributed by atoms with Gasteiger partial charge in [-0.05, 0) is 43.4 Å². The number of amides is 3. The van der Waals surface area contributed by atoms with Gasteiger partial charge in [-0.3, -0.25) is 24.2 Å². The quantitative estimate of drug-likeness (QED) is 0.0493. The summed E-state index contributed by atoms with van der Waals surface area (Å²) < 4.78 is 0.854. The lowest BCUT2D eigenvalue weighted by Gasteiger charge is -2.24. The first-order chi connectivity index (χ1) is 22.2. The Hall–Kier alpha value is -4.69. The standard InChI is InChI=1S/C32H38N8O4S2/c1-2-22(38-30(44)25(17-21-18-45-19-36-21)37-27(41)15-14-20-9-4-3-5-10-20)29(43)39-24(12-8-16-35-32(33)34)28(42)31-40-23-11-6-7-13-26(23)46-31/h3-7,9-11,13,18-19,22,24-25H,2,8,12,14-17H2,1H3,(H,37,41)(H,38,44)(H,39,43)(H4,33,34,35)/t22-,24-,25-/m0/s1. The lowest BCUT2D eigenvalue weighted by atomic mass is 10.0. The van der Waals surface area contributed by atoms with Crippen LogP contribution in [-0.2, 0) is 27.2 Å². The van der Waals surface area contributed by atoms with Gasteiger partial charge < -0.3 is 27.4 Å². The van der Waals surface area contributed by atoms with Crippen molar-refractivity contribution < 1.29 is 19.2 Å². The average Bonchev–Trinajstić information content (AvgIpc) is 3.74. The highest BCUT2D eigenvalue weighted by molar-refractivity contribution is 7.20. The fraction of sp³-hybridized carbons (Fsp3) is 0.344. The van der Waals surface area contributed by atoms with Crippen molar-refractivity contribution in [2.45, 2.75) is 63.6 Å². The van der Waals surface area contributed by atoms with E-state index in [9.17, 15) is 19.2 Å². The maximum Gasteiger partial charge on any atom is 0.243 e. The number of nitrogens with zero attached hydrogens (tertiary/aromatic N) is 3. The molecule has 3 atom stereocenters. The summed E-state index contributed by atoms with van der Waals surface area (Å²) in [5, 5.41) is 10.5. The molecule has 46 heavy (non-hydrogen) atoms. The van der Waals surface area contributed by atoms with Crippen LogP contribution in [0.2, 0.25) is 0 Å². The number of fused-ring (bicyclic) bond motifs is 1. The van der Waals surface area contributed by atoms with E-state index in [1.807, 2.05) is 54.6 Å². The summed E-state index contributed by atoms with van der Waals surface area (Å²) in [5.41, 5.74) is 14.9. The molecule has 14 heteroatoms. The normalized spacial score (nSPS) is 12.9. The molecule has 3 amide bonds. The van der Waals surface area contributed by atoms with E-state index in [1.54, 1.807) is 17.8 Å². The maximum absolute atomic E-state index is 13.6. The van der Waals surface area contributed by atoms with Gasteiger partial charge in [0.25, 0.3) is 0 Å². The number of hydrogen-bond donors (Lipinski definition) is 5. The topological polar surface area (TPSA) is 195 Å². The van der Waals surface area contributed by atoms with Gasteiger partial charge in [-0.25, -0.2) is 9.97 Å². The molecule has 4 rings (SSSR count). The van der Waals surface area contributed by atoms with Gasteiger partial charge in [-0.15, -0.1) is 22.7 Å². The number of aryl methyl sites for hydroxylation is 1. The highest BCUT2D eigenvalue weighted by atomic mass is 32.1. The Morgan fingerprint density at radius 3 is 2.33 bits per heavy atom. The molecule has 12 nitrogen and oxygen atoms in total. The maximum atomic E-state index is 13.6. The Morgan fingerprint density at radius 2 is 1.63 bits per heavy atom. The number of aliphatic imine (C=N–C) groups is 1. The van der Waals surface area contributed by atoms with Gasteiger partial charge in [-0.1, -0.05) is 49.4 Å². The summed E-state index contributed by atoms with van der Waals surface area (Å²) >= 11 is 2.63. The molecule has 0 aliphatic heterocycles. The molecule has 0 aliphatic carbocycles. The zero-order valence-corrected chi connectivity index (χ0v) is 27.1. The van der Waals surface area contributed by atoms with Crippen LogP contribution in [0, 0.1) is 0 Å². The van der Waals surface area contributed by atoms with E-state index in [0.717, 1.165) is 10.3 Å². The number of carbonyl (C=O) groups is 4. The second-order valence-corrected chi connectivity index (χ2v) is 12.4. The number of nitrogens with two attached hydrogens (primary N) is 2. The Kier molecular flexibility index (Phi) is 12.7. The monoisotopic (exact) mass is 662 g/mol. The molecule has 2 heterocycles. The second-order valence-electron chi connectivity index (χ2n) is 10.6. The van der Waals surface area contributed by atoms with E-state index in [1.165, 1.54) is 22.7 Å². The van der Waals surface area contributed by atoms with E-state index >= 15 is 0 Å². The van der Waals surface area contributed by atoms with Gasteiger partial charge >= 0.3 is 0 Å². The van der Waals surface area contributed by atoms with Crippen LogP contribution in [0.5, 0.6) is 0 Å². The molecule has 2 aromatic carbocycles. The highest BCUT2D eigenvalue weighted by Gasteiger charge is 2.30. The van der Waals surface area contributed by atoms with Gasteiger partial charge in [0.05, 0.1) is 27.5 Å². The second kappa shape index (κ2) is 17.1. The minimum atomic E-state index is -0.963. The molecule has 0 radical (unpaired) electrons. The van der Waals surface area contributed by atoms with Crippen molar-refractivity contribution in [2.75, 3.05) is 6.54 Å². The highest BCUT2D eigenvalue weighted by Crippen LogP contribution is 2.23. The van der Waals surface area contributed by atoms with E-state index < -0.39 is 29.9 Å². The van der Waals surface area contributed by atoms with Crippen molar-refractivity contribution in [1.82, 2.24) is 25.9 Å². The van der Waals surface area contributed by atoms with Gasteiger partial charge in [0.1, 0.15) is 12.1 Å². The number of benzene rings is 2. The molecule has 0 saturated heterocycles. The summed E-state index contributed by atoms with van der Waals surface area (Å²) in [6, 6.07) is 14.2. The van der Waals surface area contributed by atoms with Gasteiger partial charge in [0.2, 0.25) is 23.5 Å². The number of aromatic nitrogens is 2. The number of nitrogens with one attached hydrogen (secondary N) is 3. The molecule has 0 fully saturated rings. The molecule has 0 bridgehead atoms. The van der Waals surface area contributed by atoms with E-state index in [4.69, 9.17) is 11.5 Å². The lowest BCUT2D eigenvalue weighted by Crippen LogP contribution is -2.56. The summed E-state index contributed by atoms with van der Waals surface area (Å²) in [6.45, 7) is 2.03.